The zero-order valence-corrected chi connectivity index (χ0v) is 9.55. The van der Waals surface area contributed by atoms with Gasteiger partial charge < -0.3 is 10.7 Å². The van der Waals surface area contributed by atoms with Gasteiger partial charge in [0.1, 0.15) is 5.65 Å². The van der Waals surface area contributed by atoms with Crippen molar-refractivity contribution in [3.05, 3.63) is 54.4 Å². The lowest BCUT2D eigenvalue weighted by Crippen LogP contribution is -2.10. The van der Waals surface area contributed by atoms with Crippen LogP contribution in [-0.4, -0.2) is 15.9 Å². The van der Waals surface area contributed by atoms with Crippen LogP contribution in [0.5, 0.6) is 0 Å². The van der Waals surface area contributed by atoms with E-state index in [4.69, 9.17) is 5.73 Å². The minimum Gasteiger partial charge on any atom is -0.366 e. The molecule has 2 aromatic heterocycles. The average molecular weight is 237 g/mol. The SMILES string of the molecule is NC(=O)c1ccc(-c2ccnc3[nH]ccc23)cc1. The number of nitrogens with zero attached hydrogens (tertiary/aromatic N) is 1. The van der Waals surface area contributed by atoms with Crippen LogP contribution in [0.4, 0.5) is 0 Å². The van der Waals surface area contributed by atoms with E-state index in [9.17, 15) is 4.79 Å². The number of hydrogen-bond donors (Lipinski definition) is 2. The van der Waals surface area contributed by atoms with E-state index in [0.29, 0.717) is 5.56 Å². The molecule has 0 aliphatic carbocycles. The number of H-pyrrole nitrogens is 1. The summed E-state index contributed by atoms with van der Waals surface area (Å²) in [7, 11) is 0. The zero-order valence-electron chi connectivity index (χ0n) is 9.55. The zero-order chi connectivity index (χ0) is 12.5. The molecule has 18 heavy (non-hydrogen) atoms. The monoisotopic (exact) mass is 237 g/mol. The number of carbonyl (C=O) groups is 1. The van der Waals surface area contributed by atoms with E-state index >= 15 is 0 Å². The van der Waals surface area contributed by atoms with Gasteiger partial charge in [0.15, 0.2) is 0 Å². The Morgan fingerprint density at radius 2 is 1.89 bits per heavy atom. The lowest BCUT2D eigenvalue weighted by atomic mass is 10.0. The van der Waals surface area contributed by atoms with Crippen molar-refractivity contribution >= 4 is 16.9 Å². The molecule has 0 unspecified atom stereocenters. The third-order valence-electron chi connectivity index (χ3n) is 2.94. The first-order valence-corrected chi connectivity index (χ1v) is 5.58. The van der Waals surface area contributed by atoms with Crippen molar-refractivity contribution in [1.82, 2.24) is 9.97 Å². The van der Waals surface area contributed by atoms with Crippen molar-refractivity contribution < 1.29 is 4.79 Å². The van der Waals surface area contributed by atoms with Gasteiger partial charge in [0.25, 0.3) is 0 Å². The van der Waals surface area contributed by atoms with Crippen LogP contribution in [0.2, 0.25) is 0 Å². The van der Waals surface area contributed by atoms with Gasteiger partial charge in [0, 0.05) is 23.3 Å². The van der Waals surface area contributed by atoms with Gasteiger partial charge in [-0.25, -0.2) is 4.98 Å². The summed E-state index contributed by atoms with van der Waals surface area (Å²) in [6.45, 7) is 0. The molecule has 0 atom stereocenters. The Balaban J connectivity index is 2.14. The number of amides is 1. The molecule has 88 valence electrons. The van der Waals surface area contributed by atoms with Crippen molar-refractivity contribution in [3.63, 3.8) is 0 Å². The van der Waals surface area contributed by atoms with Gasteiger partial charge in [-0.3, -0.25) is 4.79 Å². The molecule has 3 rings (SSSR count). The summed E-state index contributed by atoms with van der Waals surface area (Å²) in [5.41, 5.74) is 8.70. The Kier molecular flexibility index (Phi) is 2.34. The third-order valence-corrected chi connectivity index (χ3v) is 2.94. The molecule has 0 radical (unpaired) electrons. The number of nitrogens with one attached hydrogen (secondary N) is 1. The van der Waals surface area contributed by atoms with Crippen molar-refractivity contribution in [1.29, 1.82) is 0 Å². The summed E-state index contributed by atoms with van der Waals surface area (Å²) < 4.78 is 0. The highest BCUT2D eigenvalue weighted by Gasteiger charge is 2.06. The molecule has 3 N–H and O–H groups in total. The van der Waals surface area contributed by atoms with Gasteiger partial charge in [0.05, 0.1) is 0 Å². The Bertz CT molecular complexity index is 713. The highest BCUT2D eigenvalue weighted by molar-refractivity contribution is 5.95. The molecule has 4 heteroatoms. The number of aromatic nitrogens is 2. The number of hydrogen-bond acceptors (Lipinski definition) is 2. The maximum absolute atomic E-state index is 11.0. The highest BCUT2D eigenvalue weighted by atomic mass is 16.1. The Labute approximate surface area is 103 Å². The van der Waals surface area contributed by atoms with Crippen LogP contribution in [-0.2, 0) is 0 Å². The van der Waals surface area contributed by atoms with Crippen LogP contribution in [0, 0.1) is 0 Å². The topological polar surface area (TPSA) is 71.8 Å². The molecule has 0 saturated heterocycles. The average Bonchev–Trinajstić information content (AvgIpc) is 2.87. The second-order valence-corrected chi connectivity index (χ2v) is 4.04. The Morgan fingerprint density at radius 3 is 2.61 bits per heavy atom. The molecule has 2 heterocycles. The second kappa shape index (κ2) is 4.00. The molecule has 4 nitrogen and oxygen atoms in total. The predicted molar refractivity (Wildman–Crippen MR) is 70.0 cm³/mol. The standard InChI is InChI=1S/C14H11N3O/c15-13(18)10-3-1-9(2-4-10)11-5-7-16-14-12(11)6-8-17-14/h1-8H,(H2,15,18)(H,16,17). The molecule has 3 aromatic rings. The summed E-state index contributed by atoms with van der Waals surface area (Å²) in [4.78, 5) is 18.3. The normalized spacial score (nSPS) is 10.7. The molecule has 0 bridgehead atoms. The van der Waals surface area contributed by atoms with E-state index in [0.717, 1.165) is 22.2 Å². The first-order valence-electron chi connectivity index (χ1n) is 5.58. The minimum atomic E-state index is -0.414. The Morgan fingerprint density at radius 1 is 1.11 bits per heavy atom. The number of aromatic amines is 1. The largest absolute Gasteiger partial charge is 0.366 e. The lowest BCUT2D eigenvalue weighted by Gasteiger charge is -2.04. The van der Waals surface area contributed by atoms with Gasteiger partial charge in [-0.2, -0.15) is 0 Å². The number of pyridine rings is 1. The van der Waals surface area contributed by atoms with E-state index < -0.39 is 5.91 Å². The first-order chi connectivity index (χ1) is 8.75. The van der Waals surface area contributed by atoms with E-state index in [1.807, 2.05) is 30.5 Å². The number of nitrogens with two attached hydrogens (primary N) is 1. The molecular formula is C14H11N3O. The molecular weight excluding hydrogens is 226 g/mol. The minimum absolute atomic E-state index is 0.414. The number of carbonyl (C=O) groups excluding carboxylic acids is 1. The maximum atomic E-state index is 11.0. The van der Waals surface area contributed by atoms with Crippen LogP contribution < -0.4 is 5.73 Å². The summed E-state index contributed by atoms with van der Waals surface area (Å²) >= 11 is 0. The number of benzene rings is 1. The Hall–Kier alpha value is -2.62. The molecule has 0 aliphatic heterocycles. The molecule has 0 fully saturated rings. The van der Waals surface area contributed by atoms with Gasteiger partial charge in [-0.05, 0) is 35.4 Å². The van der Waals surface area contributed by atoms with Crippen LogP contribution >= 0.6 is 0 Å². The summed E-state index contributed by atoms with van der Waals surface area (Å²) in [6.07, 6.45) is 3.62. The smallest absolute Gasteiger partial charge is 0.248 e. The summed E-state index contributed by atoms with van der Waals surface area (Å²) in [5.74, 6) is -0.414. The molecule has 0 aliphatic rings. The third kappa shape index (κ3) is 1.64. The van der Waals surface area contributed by atoms with Gasteiger partial charge in [-0.1, -0.05) is 12.1 Å². The lowest BCUT2D eigenvalue weighted by molar-refractivity contribution is 0.100. The first kappa shape index (κ1) is 10.5. The van der Waals surface area contributed by atoms with Crippen LogP contribution in [0.1, 0.15) is 10.4 Å². The molecule has 0 spiro atoms. The number of primary amides is 1. The molecule has 0 saturated carbocycles. The fraction of sp³-hybridized carbons (Fsp3) is 0. The van der Waals surface area contributed by atoms with Crippen molar-refractivity contribution in [2.45, 2.75) is 0 Å². The van der Waals surface area contributed by atoms with Gasteiger partial charge in [-0.15, -0.1) is 0 Å². The van der Waals surface area contributed by atoms with Crippen LogP contribution in [0.3, 0.4) is 0 Å². The fourth-order valence-corrected chi connectivity index (χ4v) is 2.03. The second-order valence-electron chi connectivity index (χ2n) is 4.04. The van der Waals surface area contributed by atoms with Crippen LogP contribution in [0.25, 0.3) is 22.2 Å². The molecule has 1 amide bonds. The van der Waals surface area contributed by atoms with E-state index in [2.05, 4.69) is 9.97 Å². The van der Waals surface area contributed by atoms with Crippen molar-refractivity contribution in [2.75, 3.05) is 0 Å². The highest BCUT2D eigenvalue weighted by Crippen LogP contribution is 2.26. The van der Waals surface area contributed by atoms with Crippen LogP contribution in [0.15, 0.2) is 48.8 Å². The fourth-order valence-electron chi connectivity index (χ4n) is 2.03. The molecule has 1 aromatic carbocycles. The van der Waals surface area contributed by atoms with Gasteiger partial charge >= 0.3 is 0 Å². The number of rotatable bonds is 2. The van der Waals surface area contributed by atoms with E-state index in [1.165, 1.54) is 0 Å². The van der Waals surface area contributed by atoms with Crippen molar-refractivity contribution in [2.24, 2.45) is 5.73 Å². The van der Waals surface area contributed by atoms with Crippen molar-refractivity contribution in [3.8, 4) is 11.1 Å². The van der Waals surface area contributed by atoms with E-state index in [-0.39, 0.29) is 0 Å². The number of fused-ring (bicyclic) bond motifs is 1. The maximum Gasteiger partial charge on any atom is 0.248 e. The van der Waals surface area contributed by atoms with E-state index in [1.54, 1.807) is 18.3 Å². The summed E-state index contributed by atoms with van der Waals surface area (Å²) in [6, 6.07) is 11.2. The van der Waals surface area contributed by atoms with Gasteiger partial charge in [0.2, 0.25) is 5.91 Å². The quantitative estimate of drug-likeness (QED) is 0.718. The summed E-state index contributed by atoms with van der Waals surface area (Å²) in [5, 5.41) is 1.06. The predicted octanol–water partition coefficient (Wildman–Crippen LogP) is 2.33.